The van der Waals surface area contributed by atoms with Crippen LogP contribution in [0, 0.1) is 13.8 Å². The van der Waals surface area contributed by atoms with Gasteiger partial charge < -0.3 is 15.0 Å². The number of sulfonamides is 1. The summed E-state index contributed by atoms with van der Waals surface area (Å²) in [6.07, 6.45) is 6.46. The van der Waals surface area contributed by atoms with Crippen molar-refractivity contribution < 1.29 is 22.7 Å². The molecule has 43 heavy (non-hydrogen) atoms. The molecule has 0 radical (unpaired) electrons. The van der Waals surface area contributed by atoms with Crippen LogP contribution in [-0.2, 0) is 32.6 Å². The maximum Gasteiger partial charge on any atom is 0.244 e. The van der Waals surface area contributed by atoms with Crippen molar-refractivity contribution in [3.8, 4) is 5.75 Å². The molecule has 0 saturated heterocycles. The summed E-state index contributed by atoms with van der Waals surface area (Å²) in [7, 11) is -2.25. The van der Waals surface area contributed by atoms with Crippen molar-refractivity contribution in [1.29, 1.82) is 0 Å². The fourth-order valence-electron chi connectivity index (χ4n) is 5.56. The summed E-state index contributed by atoms with van der Waals surface area (Å²) in [4.78, 5) is 29.9. The van der Waals surface area contributed by atoms with Crippen molar-refractivity contribution >= 4 is 27.5 Å². The van der Waals surface area contributed by atoms with Crippen LogP contribution in [0.1, 0.15) is 54.4 Å². The number of nitrogens with zero attached hydrogens (tertiary/aromatic N) is 2. The van der Waals surface area contributed by atoms with Gasteiger partial charge in [-0.2, -0.15) is 0 Å². The predicted molar refractivity (Wildman–Crippen MR) is 171 cm³/mol. The van der Waals surface area contributed by atoms with E-state index in [1.54, 1.807) is 19.2 Å². The Bertz CT molecular complexity index is 1500. The Morgan fingerprint density at radius 2 is 1.60 bits per heavy atom. The van der Waals surface area contributed by atoms with Gasteiger partial charge in [-0.15, -0.1) is 0 Å². The minimum atomic E-state index is -3.82. The molecule has 0 spiro atoms. The molecule has 4 rings (SSSR count). The molecule has 0 bridgehead atoms. The standard InChI is InChI=1S/C34H43N3O5S/c1-25-18-19-30(20-26(25)2)37(43(4,40)41)24-33(38)36(23-28-14-11-17-31(21-28)42-3)32(22-27-12-7-5-8-13-27)34(39)35-29-15-9-6-10-16-29/h5,7-8,11-14,17-21,29,32H,6,9-10,15-16,22-24H2,1-4H3,(H,35,39). The van der Waals surface area contributed by atoms with Crippen molar-refractivity contribution in [2.45, 2.75) is 71.0 Å². The molecule has 0 heterocycles. The summed E-state index contributed by atoms with van der Waals surface area (Å²) in [6, 6.07) is 21.5. The van der Waals surface area contributed by atoms with Crippen molar-refractivity contribution in [2.24, 2.45) is 0 Å². The molecule has 3 aromatic rings. The Kier molecular flexibility index (Phi) is 10.9. The predicted octanol–water partition coefficient (Wildman–Crippen LogP) is 5.17. The zero-order valence-electron chi connectivity index (χ0n) is 25.6. The first kappa shape index (κ1) is 32.1. The van der Waals surface area contributed by atoms with Gasteiger partial charge in [-0.05, 0) is 73.2 Å². The number of hydrogen-bond acceptors (Lipinski definition) is 5. The van der Waals surface area contributed by atoms with Gasteiger partial charge in [-0.1, -0.05) is 67.8 Å². The highest BCUT2D eigenvalue weighted by Crippen LogP contribution is 2.24. The molecule has 0 aromatic heterocycles. The molecule has 3 aromatic carbocycles. The number of anilines is 1. The number of benzene rings is 3. The number of methoxy groups -OCH3 is 1. The smallest absolute Gasteiger partial charge is 0.244 e. The SMILES string of the molecule is COc1cccc(CN(C(=O)CN(c2ccc(C)c(C)c2)S(C)(=O)=O)C(Cc2ccccc2)C(=O)NC2CCCCC2)c1. The first-order chi connectivity index (χ1) is 20.5. The molecule has 1 unspecified atom stereocenters. The third kappa shape index (κ3) is 8.83. The molecular weight excluding hydrogens is 562 g/mol. The Labute approximate surface area is 256 Å². The molecule has 230 valence electrons. The largest absolute Gasteiger partial charge is 0.497 e. The molecule has 2 amide bonds. The van der Waals surface area contributed by atoms with E-state index in [1.807, 2.05) is 74.5 Å². The fourth-order valence-corrected chi connectivity index (χ4v) is 6.40. The first-order valence-corrected chi connectivity index (χ1v) is 16.7. The molecule has 9 heteroatoms. The van der Waals surface area contributed by atoms with Crippen LogP contribution in [0.5, 0.6) is 5.75 Å². The van der Waals surface area contributed by atoms with E-state index in [2.05, 4.69) is 5.32 Å². The number of carbonyl (C=O) groups excluding carboxylic acids is 2. The van der Waals surface area contributed by atoms with Crippen LogP contribution in [0.15, 0.2) is 72.8 Å². The minimum absolute atomic E-state index is 0.0522. The summed E-state index contributed by atoms with van der Waals surface area (Å²) in [6.45, 7) is 3.52. The van der Waals surface area contributed by atoms with E-state index in [-0.39, 0.29) is 24.9 Å². The Balaban J connectivity index is 1.74. The van der Waals surface area contributed by atoms with Gasteiger partial charge in [-0.3, -0.25) is 13.9 Å². The lowest BCUT2D eigenvalue weighted by Gasteiger charge is -2.35. The van der Waals surface area contributed by atoms with E-state index in [1.165, 1.54) is 4.90 Å². The van der Waals surface area contributed by atoms with E-state index in [4.69, 9.17) is 4.74 Å². The average Bonchev–Trinajstić information content (AvgIpc) is 2.99. The lowest BCUT2D eigenvalue weighted by atomic mass is 9.94. The Morgan fingerprint density at radius 3 is 2.26 bits per heavy atom. The number of nitrogens with one attached hydrogen (secondary N) is 1. The quantitative estimate of drug-likeness (QED) is 0.308. The first-order valence-electron chi connectivity index (χ1n) is 14.9. The second kappa shape index (κ2) is 14.6. The van der Waals surface area contributed by atoms with E-state index in [0.29, 0.717) is 11.4 Å². The van der Waals surface area contributed by atoms with Gasteiger partial charge in [0.1, 0.15) is 18.3 Å². The summed E-state index contributed by atoms with van der Waals surface area (Å²) in [5.41, 5.74) is 4.02. The topological polar surface area (TPSA) is 96.0 Å². The van der Waals surface area contributed by atoms with E-state index in [0.717, 1.165) is 64.9 Å². The second-order valence-electron chi connectivity index (χ2n) is 11.5. The highest BCUT2D eigenvalue weighted by atomic mass is 32.2. The number of carbonyl (C=O) groups is 2. The van der Waals surface area contributed by atoms with Gasteiger partial charge in [0.15, 0.2) is 0 Å². The van der Waals surface area contributed by atoms with Crippen LogP contribution in [0.25, 0.3) is 0 Å². The average molecular weight is 606 g/mol. The molecule has 1 N–H and O–H groups in total. The van der Waals surface area contributed by atoms with Crippen LogP contribution in [0.3, 0.4) is 0 Å². The monoisotopic (exact) mass is 605 g/mol. The molecular formula is C34H43N3O5S. The van der Waals surface area contributed by atoms with Gasteiger partial charge in [-0.25, -0.2) is 8.42 Å². The van der Waals surface area contributed by atoms with Gasteiger partial charge in [0, 0.05) is 19.0 Å². The van der Waals surface area contributed by atoms with Crippen LogP contribution in [-0.4, -0.2) is 57.1 Å². The maximum atomic E-state index is 14.3. The summed E-state index contributed by atoms with van der Waals surface area (Å²) >= 11 is 0. The molecule has 1 aliphatic rings. The number of amides is 2. The highest BCUT2D eigenvalue weighted by Gasteiger charge is 2.34. The van der Waals surface area contributed by atoms with Gasteiger partial charge >= 0.3 is 0 Å². The number of aryl methyl sites for hydroxylation is 2. The number of ether oxygens (including phenoxy) is 1. The van der Waals surface area contributed by atoms with Crippen molar-refractivity contribution in [1.82, 2.24) is 10.2 Å². The lowest BCUT2D eigenvalue weighted by Crippen LogP contribution is -2.55. The molecule has 0 aliphatic heterocycles. The maximum absolute atomic E-state index is 14.3. The Hall–Kier alpha value is -3.85. The third-order valence-corrected chi connectivity index (χ3v) is 9.31. The zero-order valence-corrected chi connectivity index (χ0v) is 26.4. The van der Waals surface area contributed by atoms with E-state index >= 15 is 0 Å². The fraction of sp³-hybridized carbons (Fsp3) is 0.412. The molecule has 1 atom stereocenters. The Morgan fingerprint density at radius 1 is 0.907 bits per heavy atom. The number of hydrogen-bond donors (Lipinski definition) is 1. The third-order valence-electron chi connectivity index (χ3n) is 8.17. The van der Waals surface area contributed by atoms with Crippen LogP contribution in [0.4, 0.5) is 5.69 Å². The number of rotatable bonds is 12. The zero-order chi connectivity index (χ0) is 31.0. The molecule has 1 fully saturated rings. The molecule has 1 aliphatic carbocycles. The van der Waals surface area contributed by atoms with Gasteiger partial charge in [0.25, 0.3) is 0 Å². The highest BCUT2D eigenvalue weighted by molar-refractivity contribution is 7.92. The van der Waals surface area contributed by atoms with E-state index in [9.17, 15) is 18.0 Å². The van der Waals surface area contributed by atoms with Gasteiger partial charge in [0.2, 0.25) is 21.8 Å². The normalized spacial score (nSPS) is 14.5. The second-order valence-corrected chi connectivity index (χ2v) is 13.4. The van der Waals surface area contributed by atoms with Gasteiger partial charge in [0.05, 0.1) is 19.1 Å². The molecule has 1 saturated carbocycles. The van der Waals surface area contributed by atoms with Crippen molar-refractivity contribution in [3.63, 3.8) is 0 Å². The summed E-state index contributed by atoms with van der Waals surface area (Å²) in [5.74, 6) is -0.0701. The van der Waals surface area contributed by atoms with Crippen LogP contribution in [0.2, 0.25) is 0 Å². The van der Waals surface area contributed by atoms with Crippen LogP contribution < -0.4 is 14.4 Å². The molecule has 8 nitrogen and oxygen atoms in total. The summed E-state index contributed by atoms with van der Waals surface area (Å²) in [5, 5.41) is 3.22. The van der Waals surface area contributed by atoms with E-state index < -0.39 is 28.5 Å². The minimum Gasteiger partial charge on any atom is -0.497 e. The summed E-state index contributed by atoms with van der Waals surface area (Å²) < 4.78 is 32.6. The lowest BCUT2D eigenvalue weighted by molar-refractivity contribution is -0.140. The van der Waals surface area contributed by atoms with Crippen molar-refractivity contribution in [3.05, 3.63) is 95.1 Å². The van der Waals surface area contributed by atoms with Crippen LogP contribution >= 0.6 is 0 Å². The van der Waals surface area contributed by atoms with Crippen molar-refractivity contribution in [2.75, 3.05) is 24.2 Å².